The second-order valence-electron chi connectivity index (χ2n) is 4.00. The third-order valence-corrected chi connectivity index (χ3v) is 2.72. The highest BCUT2D eigenvalue weighted by Crippen LogP contribution is 2.16. The summed E-state index contributed by atoms with van der Waals surface area (Å²) in [7, 11) is 0. The number of urea groups is 1. The predicted octanol–water partition coefficient (Wildman–Crippen LogP) is 3.78. The Hall–Kier alpha value is -2.34. The first-order valence-electron chi connectivity index (χ1n) is 5.93. The van der Waals surface area contributed by atoms with Gasteiger partial charge in [0.2, 0.25) is 0 Å². The highest BCUT2D eigenvalue weighted by atomic mass is 35.5. The van der Waals surface area contributed by atoms with Crippen molar-refractivity contribution in [3.63, 3.8) is 0 Å². The lowest BCUT2D eigenvalue weighted by Gasteiger charge is -2.10. The fraction of sp³-hybridized carbons (Fsp3) is 0.0714. The number of anilines is 1. The van der Waals surface area contributed by atoms with Crippen molar-refractivity contribution in [3.8, 4) is 5.75 Å². The number of nitrogens with one attached hydrogen (secondary N) is 2. The first-order chi connectivity index (χ1) is 10.0. The van der Waals surface area contributed by atoms with Crippen LogP contribution in [0.15, 0.2) is 42.5 Å². The molecule has 0 aliphatic carbocycles. The summed E-state index contributed by atoms with van der Waals surface area (Å²) in [6.45, 7) is -0.115. The molecule has 2 aromatic rings. The summed E-state index contributed by atoms with van der Waals surface area (Å²) in [5, 5.41) is 5.18. The van der Waals surface area contributed by atoms with Crippen LogP contribution in [0.25, 0.3) is 0 Å². The molecule has 21 heavy (non-hydrogen) atoms. The second kappa shape index (κ2) is 6.90. The van der Waals surface area contributed by atoms with E-state index in [1.807, 2.05) is 0 Å². The Morgan fingerprint density at radius 3 is 2.52 bits per heavy atom. The smallest absolute Gasteiger partial charge is 0.321 e. The van der Waals surface area contributed by atoms with Gasteiger partial charge in [0, 0.05) is 11.1 Å². The SMILES string of the molecule is O=C(NCOc1ccc(Cl)cc1)Nc1ccc(F)cc1F. The lowest BCUT2D eigenvalue weighted by Crippen LogP contribution is -2.32. The molecule has 0 radical (unpaired) electrons. The number of hydrogen-bond donors (Lipinski definition) is 2. The minimum absolute atomic E-state index is 0.115. The van der Waals surface area contributed by atoms with Crippen molar-refractivity contribution in [2.24, 2.45) is 0 Å². The van der Waals surface area contributed by atoms with Crippen LogP contribution in [0.1, 0.15) is 0 Å². The lowest BCUT2D eigenvalue weighted by molar-refractivity contribution is 0.234. The molecule has 2 aromatic carbocycles. The molecule has 0 saturated carbocycles. The Morgan fingerprint density at radius 2 is 1.86 bits per heavy atom. The average Bonchev–Trinajstić information content (AvgIpc) is 2.44. The summed E-state index contributed by atoms with van der Waals surface area (Å²) in [6, 6.07) is 8.75. The molecule has 110 valence electrons. The van der Waals surface area contributed by atoms with Gasteiger partial charge in [-0.1, -0.05) is 11.6 Å². The summed E-state index contributed by atoms with van der Waals surface area (Å²) in [5.74, 6) is -1.05. The molecule has 0 spiro atoms. The van der Waals surface area contributed by atoms with E-state index >= 15 is 0 Å². The molecular weight excluding hydrogens is 302 g/mol. The van der Waals surface area contributed by atoms with Gasteiger partial charge in [0.25, 0.3) is 0 Å². The zero-order chi connectivity index (χ0) is 15.2. The number of halogens is 3. The molecule has 0 saturated heterocycles. The Balaban J connectivity index is 1.81. The standard InChI is InChI=1S/C14H11ClF2N2O2/c15-9-1-4-11(5-2-9)21-8-18-14(20)19-13-6-3-10(16)7-12(13)17/h1-7H,8H2,(H2,18,19,20). The number of ether oxygens (including phenoxy) is 1. The Labute approximate surface area is 124 Å². The first-order valence-corrected chi connectivity index (χ1v) is 6.30. The van der Waals surface area contributed by atoms with Gasteiger partial charge in [-0.25, -0.2) is 13.6 Å². The Morgan fingerprint density at radius 1 is 1.14 bits per heavy atom. The van der Waals surface area contributed by atoms with E-state index in [1.165, 1.54) is 0 Å². The van der Waals surface area contributed by atoms with Gasteiger partial charge >= 0.3 is 6.03 Å². The molecular formula is C14H11ClF2N2O2. The summed E-state index contributed by atoms with van der Waals surface area (Å²) in [5.41, 5.74) is -0.125. The molecule has 0 aromatic heterocycles. The quantitative estimate of drug-likeness (QED) is 0.844. The van der Waals surface area contributed by atoms with Gasteiger partial charge in [0.1, 0.15) is 17.4 Å². The topological polar surface area (TPSA) is 50.4 Å². The number of rotatable bonds is 4. The number of amides is 2. The highest BCUT2D eigenvalue weighted by Gasteiger charge is 2.07. The molecule has 2 amide bonds. The third kappa shape index (κ3) is 4.61. The monoisotopic (exact) mass is 312 g/mol. The molecule has 2 rings (SSSR count). The van der Waals surface area contributed by atoms with Crippen molar-refractivity contribution in [3.05, 3.63) is 59.1 Å². The van der Waals surface area contributed by atoms with E-state index in [9.17, 15) is 13.6 Å². The summed E-state index contributed by atoms with van der Waals surface area (Å²) in [4.78, 5) is 11.5. The van der Waals surface area contributed by atoms with Gasteiger partial charge in [-0.05, 0) is 36.4 Å². The largest absolute Gasteiger partial charge is 0.473 e. The van der Waals surface area contributed by atoms with Crippen LogP contribution in [0.4, 0.5) is 19.3 Å². The minimum Gasteiger partial charge on any atom is -0.473 e. The molecule has 0 unspecified atom stereocenters. The van der Waals surface area contributed by atoms with Crippen LogP contribution in [-0.2, 0) is 0 Å². The maximum absolute atomic E-state index is 13.3. The first kappa shape index (κ1) is 15.1. The van der Waals surface area contributed by atoms with E-state index in [1.54, 1.807) is 24.3 Å². The van der Waals surface area contributed by atoms with E-state index < -0.39 is 17.7 Å². The molecule has 0 aliphatic rings. The molecule has 0 aliphatic heterocycles. The fourth-order valence-corrected chi connectivity index (χ4v) is 1.60. The minimum atomic E-state index is -0.858. The van der Waals surface area contributed by atoms with Gasteiger partial charge in [-0.3, -0.25) is 0 Å². The van der Waals surface area contributed by atoms with Crippen LogP contribution in [0.5, 0.6) is 5.75 Å². The van der Waals surface area contributed by atoms with Gasteiger partial charge in [-0.2, -0.15) is 0 Å². The van der Waals surface area contributed by atoms with Gasteiger partial charge < -0.3 is 15.4 Å². The zero-order valence-electron chi connectivity index (χ0n) is 10.7. The Kier molecular flexibility index (Phi) is 4.94. The van der Waals surface area contributed by atoms with Crippen LogP contribution >= 0.6 is 11.6 Å². The molecule has 0 heterocycles. The normalized spacial score (nSPS) is 10.0. The maximum atomic E-state index is 13.3. The van der Waals surface area contributed by atoms with Crippen molar-refractivity contribution < 1.29 is 18.3 Å². The lowest BCUT2D eigenvalue weighted by atomic mass is 10.3. The summed E-state index contributed by atoms with van der Waals surface area (Å²) >= 11 is 5.71. The fourth-order valence-electron chi connectivity index (χ4n) is 1.47. The second-order valence-corrected chi connectivity index (χ2v) is 4.43. The molecule has 0 fully saturated rings. The molecule has 0 atom stereocenters. The maximum Gasteiger partial charge on any atom is 0.321 e. The van der Waals surface area contributed by atoms with Gasteiger partial charge in [-0.15, -0.1) is 0 Å². The van der Waals surface area contributed by atoms with E-state index in [4.69, 9.17) is 16.3 Å². The van der Waals surface area contributed by atoms with E-state index in [0.29, 0.717) is 16.8 Å². The van der Waals surface area contributed by atoms with Crippen molar-refractivity contribution in [2.75, 3.05) is 12.0 Å². The van der Waals surface area contributed by atoms with Crippen molar-refractivity contribution in [1.82, 2.24) is 5.32 Å². The van der Waals surface area contributed by atoms with Crippen LogP contribution in [-0.4, -0.2) is 12.8 Å². The molecule has 7 heteroatoms. The zero-order valence-corrected chi connectivity index (χ0v) is 11.5. The third-order valence-electron chi connectivity index (χ3n) is 2.46. The van der Waals surface area contributed by atoms with Crippen LogP contribution in [0.2, 0.25) is 5.02 Å². The van der Waals surface area contributed by atoms with Crippen LogP contribution < -0.4 is 15.4 Å². The van der Waals surface area contributed by atoms with Crippen molar-refractivity contribution in [2.45, 2.75) is 0 Å². The van der Waals surface area contributed by atoms with Crippen molar-refractivity contribution in [1.29, 1.82) is 0 Å². The van der Waals surface area contributed by atoms with E-state index in [-0.39, 0.29) is 12.4 Å². The molecule has 4 nitrogen and oxygen atoms in total. The van der Waals surface area contributed by atoms with Crippen molar-refractivity contribution >= 4 is 23.3 Å². The van der Waals surface area contributed by atoms with Crippen LogP contribution in [0.3, 0.4) is 0 Å². The van der Waals surface area contributed by atoms with E-state index in [0.717, 1.165) is 12.1 Å². The predicted molar refractivity (Wildman–Crippen MR) is 75.5 cm³/mol. The summed E-state index contributed by atoms with van der Waals surface area (Å²) < 4.78 is 31.2. The molecule has 0 bridgehead atoms. The Bertz CT molecular complexity index is 635. The summed E-state index contributed by atoms with van der Waals surface area (Å²) in [6.07, 6.45) is 0. The number of benzene rings is 2. The van der Waals surface area contributed by atoms with Gasteiger partial charge in [0.05, 0.1) is 5.69 Å². The van der Waals surface area contributed by atoms with Crippen LogP contribution in [0, 0.1) is 11.6 Å². The molecule has 2 N–H and O–H groups in total. The number of carbonyl (C=O) groups is 1. The number of carbonyl (C=O) groups excluding carboxylic acids is 1. The van der Waals surface area contributed by atoms with Gasteiger partial charge in [0.15, 0.2) is 6.73 Å². The van der Waals surface area contributed by atoms with E-state index in [2.05, 4.69) is 10.6 Å². The number of hydrogen-bond acceptors (Lipinski definition) is 2. The average molecular weight is 313 g/mol. The highest BCUT2D eigenvalue weighted by molar-refractivity contribution is 6.30.